The van der Waals surface area contributed by atoms with Crippen molar-refractivity contribution in [3.63, 3.8) is 0 Å². The lowest BCUT2D eigenvalue weighted by molar-refractivity contribution is 0.176. The van der Waals surface area contributed by atoms with Gasteiger partial charge in [-0.1, -0.05) is 6.42 Å². The maximum atomic E-state index is 10.7. The molecule has 0 amide bonds. The average Bonchev–Trinajstić information content (AvgIpc) is 1.77. The molecule has 74 valence electrons. The van der Waals surface area contributed by atoms with Gasteiger partial charge in [0.25, 0.3) is 0 Å². The summed E-state index contributed by atoms with van der Waals surface area (Å²) in [5.74, 6) is 0.0521. The molecule has 0 spiro atoms. The number of halogens is 1. The second-order valence-electron chi connectivity index (χ2n) is 3.36. The molecule has 0 aromatic rings. The molecule has 1 fully saturated rings. The third kappa shape index (κ3) is 2.90. The van der Waals surface area contributed by atoms with Gasteiger partial charge in [-0.05, 0) is 24.8 Å². The van der Waals surface area contributed by atoms with Gasteiger partial charge in [-0.25, -0.2) is 13.6 Å². The summed E-state index contributed by atoms with van der Waals surface area (Å²) < 4.78 is 21.4. The minimum absolute atomic E-state index is 0. The summed E-state index contributed by atoms with van der Waals surface area (Å²) in [6, 6.07) is 0. The zero-order valence-electron chi connectivity index (χ0n) is 6.82. The quantitative estimate of drug-likeness (QED) is 0.684. The smallest absolute Gasteiger partial charge is 0.209 e. The molecular weight excluding hydrogens is 200 g/mol. The molecule has 6 heteroatoms. The van der Waals surface area contributed by atoms with E-state index < -0.39 is 10.0 Å². The first-order valence-corrected chi connectivity index (χ1v) is 5.40. The molecule has 0 saturated heterocycles. The van der Waals surface area contributed by atoms with Crippen LogP contribution >= 0.6 is 12.4 Å². The maximum absolute atomic E-state index is 10.7. The van der Waals surface area contributed by atoms with E-state index in [4.69, 9.17) is 10.9 Å². The van der Waals surface area contributed by atoms with Crippen LogP contribution in [0.5, 0.6) is 0 Å². The lowest BCUT2D eigenvalue weighted by atomic mass is 9.70. The van der Waals surface area contributed by atoms with Crippen molar-refractivity contribution in [2.45, 2.75) is 19.3 Å². The van der Waals surface area contributed by atoms with Crippen molar-refractivity contribution < 1.29 is 8.42 Å². The molecule has 1 aliphatic rings. The van der Waals surface area contributed by atoms with Crippen molar-refractivity contribution in [2.24, 2.45) is 16.3 Å². The molecule has 0 bridgehead atoms. The fourth-order valence-corrected chi connectivity index (χ4v) is 2.77. The molecule has 1 aliphatic carbocycles. The lowest BCUT2D eigenvalue weighted by Gasteiger charge is -2.39. The van der Waals surface area contributed by atoms with Crippen LogP contribution in [-0.2, 0) is 10.0 Å². The van der Waals surface area contributed by atoms with Crippen LogP contribution in [-0.4, -0.2) is 20.7 Å². The van der Waals surface area contributed by atoms with E-state index in [0.29, 0.717) is 6.54 Å². The second-order valence-corrected chi connectivity index (χ2v) is 4.98. The van der Waals surface area contributed by atoms with Crippen molar-refractivity contribution >= 4 is 22.4 Å². The van der Waals surface area contributed by atoms with Gasteiger partial charge < -0.3 is 5.73 Å². The van der Waals surface area contributed by atoms with E-state index >= 15 is 0 Å². The van der Waals surface area contributed by atoms with Crippen LogP contribution in [0, 0.1) is 5.41 Å². The molecule has 12 heavy (non-hydrogen) atoms. The predicted octanol–water partition coefficient (Wildman–Crippen LogP) is -0.174. The largest absolute Gasteiger partial charge is 0.330 e. The Morgan fingerprint density at radius 2 is 1.83 bits per heavy atom. The number of sulfonamides is 1. The first kappa shape index (κ1) is 12.2. The van der Waals surface area contributed by atoms with Gasteiger partial charge in [0, 0.05) is 0 Å². The average molecular weight is 215 g/mol. The summed E-state index contributed by atoms with van der Waals surface area (Å²) in [7, 11) is -3.33. The maximum Gasteiger partial charge on any atom is 0.209 e. The highest BCUT2D eigenvalue weighted by Gasteiger charge is 2.38. The van der Waals surface area contributed by atoms with Gasteiger partial charge >= 0.3 is 0 Å². The van der Waals surface area contributed by atoms with Crippen molar-refractivity contribution in [1.29, 1.82) is 0 Å². The minimum atomic E-state index is -3.33. The van der Waals surface area contributed by atoms with Gasteiger partial charge in [0.05, 0.1) is 5.75 Å². The van der Waals surface area contributed by atoms with E-state index in [1.165, 1.54) is 0 Å². The summed E-state index contributed by atoms with van der Waals surface area (Å²) in [6.45, 7) is 0.434. The fraction of sp³-hybridized carbons (Fsp3) is 1.00. The molecular formula is C6H15ClN2O2S. The first-order chi connectivity index (χ1) is 4.97. The SMILES string of the molecule is Cl.NCC1(CS(N)(=O)=O)CCC1. The van der Waals surface area contributed by atoms with E-state index in [0.717, 1.165) is 19.3 Å². The molecule has 0 radical (unpaired) electrons. The highest BCUT2D eigenvalue weighted by Crippen LogP contribution is 2.40. The first-order valence-electron chi connectivity index (χ1n) is 3.68. The van der Waals surface area contributed by atoms with Crippen molar-refractivity contribution in [3.8, 4) is 0 Å². The predicted molar refractivity (Wildman–Crippen MR) is 50.6 cm³/mol. The third-order valence-electron chi connectivity index (χ3n) is 2.35. The zero-order chi connectivity index (χ0) is 8.54. The summed E-state index contributed by atoms with van der Waals surface area (Å²) in [5.41, 5.74) is 5.27. The Bertz CT molecular complexity index is 230. The topological polar surface area (TPSA) is 86.2 Å². The Hall–Kier alpha value is 0.160. The molecule has 1 rings (SSSR count). The Morgan fingerprint density at radius 1 is 1.33 bits per heavy atom. The van der Waals surface area contributed by atoms with Gasteiger partial charge in [-0.15, -0.1) is 12.4 Å². The molecule has 4 nitrogen and oxygen atoms in total. The number of hydrogen-bond donors (Lipinski definition) is 2. The Morgan fingerprint density at radius 3 is 1.92 bits per heavy atom. The Labute approximate surface area is 79.2 Å². The third-order valence-corrected chi connectivity index (χ3v) is 3.37. The van der Waals surface area contributed by atoms with Gasteiger partial charge in [0.1, 0.15) is 0 Å². The molecule has 0 atom stereocenters. The summed E-state index contributed by atoms with van der Waals surface area (Å²) >= 11 is 0. The molecule has 0 aromatic heterocycles. The fourth-order valence-electron chi connectivity index (χ4n) is 1.51. The van der Waals surface area contributed by atoms with E-state index in [2.05, 4.69) is 0 Å². The number of primary sulfonamides is 1. The number of nitrogens with two attached hydrogens (primary N) is 2. The van der Waals surface area contributed by atoms with Gasteiger partial charge in [0.2, 0.25) is 10.0 Å². The van der Waals surface area contributed by atoms with Crippen LogP contribution in [0.25, 0.3) is 0 Å². The zero-order valence-corrected chi connectivity index (χ0v) is 8.46. The standard InChI is InChI=1S/C6H14N2O2S.ClH/c7-4-6(2-1-3-6)5-11(8,9)10;/h1-5,7H2,(H2,8,9,10);1H. The van der Waals surface area contributed by atoms with Crippen LogP contribution in [0.4, 0.5) is 0 Å². The van der Waals surface area contributed by atoms with Crippen molar-refractivity contribution in [3.05, 3.63) is 0 Å². The van der Waals surface area contributed by atoms with Crippen molar-refractivity contribution in [1.82, 2.24) is 0 Å². The van der Waals surface area contributed by atoms with E-state index in [-0.39, 0.29) is 23.6 Å². The van der Waals surface area contributed by atoms with Crippen LogP contribution in [0.15, 0.2) is 0 Å². The van der Waals surface area contributed by atoms with Crippen LogP contribution in [0.1, 0.15) is 19.3 Å². The summed E-state index contributed by atoms with van der Waals surface area (Å²) in [6.07, 6.45) is 2.88. The Balaban J connectivity index is 0.00000121. The summed E-state index contributed by atoms with van der Waals surface area (Å²) in [5, 5.41) is 4.92. The van der Waals surface area contributed by atoms with E-state index in [9.17, 15) is 8.42 Å². The van der Waals surface area contributed by atoms with E-state index in [1.807, 2.05) is 0 Å². The van der Waals surface area contributed by atoms with Gasteiger partial charge in [-0.2, -0.15) is 0 Å². The summed E-state index contributed by atoms with van der Waals surface area (Å²) in [4.78, 5) is 0. The molecule has 0 unspecified atom stereocenters. The van der Waals surface area contributed by atoms with Gasteiger partial charge in [-0.3, -0.25) is 0 Å². The lowest BCUT2D eigenvalue weighted by Crippen LogP contribution is -2.44. The van der Waals surface area contributed by atoms with Crippen LogP contribution < -0.4 is 10.9 Å². The van der Waals surface area contributed by atoms with Gasteiger partial charge in [0.15, 0.2) is 0 Å². The normalized spacial score (nSPS) is 20.8. The minimum Gasteiger partial charge on any atom is -0.330 e. The number of hydrogen-bond acceptors (Lipinski definition) is 3. The molecule has 0 aliphatic heterocycles. The highest BCUT2D eigenvalue weighted by molar-refractivity contribution is 7.89. The Kier molecular flexibility index (Phi) is 3.96. The number of rotatable bonds is 3. The monoisotopic (exact) mass is 214 g/mol. The van der Waals surface area contributed by atoms with Crippen LogP contribution in [0.3, 0.4) is 0 Å². The molecule has 0 aromatic carbocycles. The second kappa shape index (κ2) is 3.91. The van der Waals surface area contributed by atoms with Crippen molar-refractivity contribution in [2.75, 3.05) is 12.3 Å². The highest BCUT2D eigenvalue weighted by atomic mass is 35.5. The van der Waals surface area contributed by atoms with Crippen LogP contribution in [0.2, 0.25) is 0 Å². The molecule has 4 N–H and O–H groups in total. The molecule has 1 saturated carbocycles. The molecule has 0 heterocycles. The van der Waals surface area contributed by atoms with E-state index in [1.54, 1.807) is 0 Å².